The van der Waals surface area contributed by atoms with Crippen molar-refractivity contribution in [3.8, 4) is 11.5 Å². The Labute approximate surface area is 126 Å². The first-order valence-electron chi connectivity index (χ1n) is 7.42. The van der Waals surface area contributed by atoms with Crippen LogP contribution in [-0.2, 0) is 4.79 Å². The number of methoxy groups -OCH3 is 1. The van der Waals surface area contributed by atoms with Gasteiger partial charge < -0.3 is 19.3 Å². The smallest absolute Gasteiger partial charge is 0.263 e. The zero-order chi connectivity index (χ0) is 15.2. The lowest BCUT2D eigenvalue weighted by atomic mass is 10.2. The third-order valence-corrected chi connectivity index (χ3v) is 3.80. The summed E-state index contributed by atoms with van der Waals surface area (Å²) < 4.78 is 11.2. The average molecular weight is 292 g/mol. The maximum atomic E-state index is 12.6. The van der Waals surface area contributed by atoms with Crippen molar-refractivity contribution in [1.82, 2.24) is 9.80 Å². The SMILES string of the molecule is CC[C@@H](Oc1ccccc1OC)C(=O)N1CCN(C)CC1. The van der Waals surface area contributed by atoms with Crippen LogP contribution in [0.4, 0.5) is 0 Å². The van der Waals surface area contributed by atoms with Crippen molar-refractivity contribution in [2.45, 2.75) is 19.4 Å². The second-order valence-corrected chi connectivity index (χ2v) is 5.29. The Balaban J connectivity index is 2.03. The van der Waals surface area contributed by atoms with E-state index >= 15 is 0 Å². The lowest BCUT2D eigenvalue weighted by Gasteiger charge is -2.34. The molecule has 116 valence electrons. The molecule has 0 N–H and O–H groups in total. The van der Waals surface area contributed by atoms with E-state index in [2.05, 4.69) is 11.9 Å². The van der Waals surface area contributed by atoms with Gasteiger partial charge in [-0.25, -0.2) is 0 Å². The van der Waals surface area contributed by atoms with Gasteiger partial charge in [0.1, 0.15) is 0 Å². The molecule has 0 unspecified atom stereocenters. The lowest BCUT2D eigenvalue weighted by Crippen LogP contribution is -2.51. The molecule has 21 heavy (non-hydrogen) atoms. The van der Waals surface area contributed by atoms with Crippen LogP contribution < -0.4 is 9.47 Å². The summed E-state index contributed by atoms with van der Waals surface area (Å²) in [5.74, 6) is 1.34. The number of nitrogens with zero attached hydrogens (tertiary/aromatic N) is 2. The second-order valence-electron chi connectivity index (χ2n) is 5.29. The van der Waals surface area contributed by atoms with Crippen LogP contribution in [0.15, 0.2) is 24.3 Å². The van der Waals surface area contributed by atoms with Crippen LogP contribution in [0.25, 0.3) is 0 Å². The first-order valence-corrected chi connectivity index (χ1v) is 7.42. The van der Waals surface area contributed by atoms with Crippen molar-refractivity contribution in [1.29, 1.82) is 0 Å². The highest BCUT2D eigenvalue weighted by molar-refractivity contribution is 5.81. The first kappa shape index (κ1) is 15.6. The molecule has 5 nitrogen and oxygen atoms in total. The molecule has 1 aliphatic heterocycles. The molecule has 1 fully saturated rings. The molecule has 0 aromatic heterocycles. The molecular weight excluding hydrogens is 268 g/mol. The van der Waals surface area contributed by atoms with Crippen molar-refractivity contribution in [2.75, 3.05) is 40.3 Å². The third kappa shape index (κ3) is 3.88. The van der Waals surface area contributed by atoms with Gasteiger partial charge in [0.05, 0.1) is 7.11 Å². The molecule has 0 bridgehead atoms. The van der Waals surface area contributed by atoms with Crippen molar-refractivity contribution in [3.05, 3.63) is 24.3 Å². The molecule has 1 aromatic carbocycles. The van der Waals surface area contributed by atoms with E-state index in [0.717, 1.165) is 26.2 Å². The molecule has 1 saturated heterocycles. The first-order chi connectivity index (χ1) is 10.2. The van der Waals surface area contributed by atoms with Crippen LogP contribution in [-0.4, -0.2) is 62.1 Å². The van der Waals surface area contributed by atoms with Gasteiger partial charge in [-0.1, -0.05) is 19.1 Å². The second kappa shape index (κ2) is 7.31. The normalized spacial score (nSPS) is 17.4. The zero-order valence-electron chi connectivity index (χ0n) is 13.0. The van der Waals surface area contributed by atoms with Crippen LogP contribution in [0.1, 0.15) is 13.3 Å². The van der Waals surface area contributed by atoms with Crippen molar-refractivity contribution in [2.24, 2.45) is 0 Å². The molecule has 5 heteroatoms. The maximum absolute atomic E-state index is 12.6. The fourth-order valence-electron chi connectivity index (χ4n) is 2.41. The predicted molar refractivity (Wildman–Crippen MR) is 81.8 cm³/mol. The molecule has 0 saturated carbocycles. The molecule has 1 aliphatic rings. The van der Waals surface area contributed by atoms with Crippen molar-refractivity contribution >= 4 is 5.91 Å². The maximum Gasteiger partial charge on any atom is 0.263 e. The molecule has 2 rings (SSSR count). The minimum absolute atomic E-state index is 0.0662. The molecular formula is C16H24N2O3. The van der Waals surface area contributed by atoms with Crippen LogP contribution in [0, 0.1) is 0 Å². The fourth-order valence-corrected chi connectivity index (χ4v) is 2.41. The van der Waals surface area contributed by atoms with E-state index < -0.39 is 6.10 Å². The van der Waals surface area contributed by atoms with Crippen LogP contribution >= 0.6 is 0 Å². The highest BCUT2D eigenvalue weighted by Crippen LogP contribution is 2.27. The number of ether oxygens (including phenoxy) is 2. The summed E-state index contributed by atoms with van der Waals surface area (Å²) in [6, 6.07) is 7.43. The number of hydrogen-bond acceptors (Lipinski definition) is 4. The van der Waals surface area contributed by atoms with E-state index in [4.69, 9.17) is 9.47 Å². The van der Waals surface area contributed by atoms with Gasteiger partial charge in [0.15, 0.2) is 17.6 Å². The Morgan fingerprint density at radius 1 is 1.19 bits per heavy atom. The van der Waals surface area contributed by atoms with Crippen LogP contribution in [0.5, 0.6) is 11.5 Å². The highest BCUT2D eigenvalue weighted by Gasteiger charge is 2.27. The van der Waals surface area contributed by atoms with Crippen molar-refractivity contribution < 1.29 is 14.3 Å². The van der Waals surface area contributed by atoms with Gasteiger partial charge in [0.25, 0.3) is 5.91 Å². The summed E-state index contributed by atoms with van der Waals surface area (Å²) in [7, 11) is 3.68. The molecule has 1 atom stereocenters. The lowest BCUT2D eigenvalue weighted by molar-refractivity contribution is -0.140. The molecule has 0 aliphatic carbocycles. The van der Waals surface area contributed by atoms with Crippen molar-refractivity contribution in [3.63, 3.8) is 0 Å². The summed E-state index contributed by atoms with van der Waals surface area (Å²) in [6.45, 7) is 5.32. The molecule has 1 heterocycles. The van der Waals surface area contributed by atoms with E-state index in [0.29, 0.717) is 17.9 Å². The minimum Gasteiger partial charge on any atom is -0.493 e. The van der Waals surface area contributed by atoms with E-state index in [1.54, 1.807) is 7.11 Å². The van der Waals surface area contributed by atoms with E-state index in [1.807, 2.05) is 36.1 Å². The Morgan fingerprint density at radius 2 is 1.81 bits per heavy atom. The zero-order valence-corrected chi connectivity index (χ0v) is 13.0. The Kier molecular flexibility index (Phi) is 5.44. The quantitative estimate of drug-likeness (QED) is 0.827. The Bertz CT molecular complexity index is 470. The average Bonchev–Trinajstić information content (AvgIpc) is 2.53. The number of hydrogen-bond donors (Lipinski definition) is 0. The number of rotatable bonds is 5. The Morgan fingerprint density at radius 3 is 2.38 bits per heavy atom. The van der Waals surface area contributed by atoms with Gasteiger partial charge in [0.2, 0.25) is 0 Å². The van der Waals surface area contributed by atoms with Gasteiger partial charge in [-0.15, -0.1) is 0 Å². The molecule has 0 radical (unpaired) electrons. The standard InChI is InChI=1S/C16H24N2O3/c1-4-13(16(19)18-11-9-17(2)10-12-18)21-15-8-6-5-7-14(15)20-3/h5-8,13H,4,9-12H2,1-3H3/t13-/m1/s1. The number of piperazine rings is 1. The molecule has 0 spiro atoms. The topological polar surface area (TPSA) is 42.0 Å². The monoisotopic (exact) mass is 292 g/mol. The summed E-state index contributed by atoms with van der Waals surface area (Å²) in [6.07, 6.45) is 0.188. The van der Waals surface area contributed by atoms with Gasteiger partial charge >= 0.3 is 0 Å². The molecule has 1 aromatic rings. The summed E-state index contributed by atoms with van der Waals surface area (Å²) >= 11 is 0. The minimum atomic E-state index is -0.454. The van der Waals surface area contributed by atoms with Crippen LogP contribution in [0.3, 0.4) is 0 Å². The number of likely N-dealkylation sites (N-methyl/N-ethyl adjacent to an activating group) is 1. The van der Waals surface area contributed by atoms with Gasteiger partial charge in [-0.05, 0) is 25.6 Å². The summed E-state index contributed by atoms with van der Waals surface area (Å²) in [4.78, 5) is 16.7. The number of amides is 1. The summed E-state index contributed by atoms with van der Waals surface area (Å²) in [5, 5.41) is 0. The van der Waals surface area contributed by atoms with Gasteiger partial charge in [0, 0.05) is 26.2 Å². The van der Waals surface area contributed by atoms with E-state index in [9.17, 15) is 4.79 Å². The fraction of sp³-hybridized carbons (Fsp3) is 0.562. The predicted octanol–water partition coefficient (Wildman–Crippen LogP) is 1.63. The largest absolute Gasteiger partial charge is 0.493 e. The third-order valence-electron chi connectivity index (χ3n) is 3.80. The highest BCUT2D eigenvalue weighted by atomic mass is 16.5. The number of carbonyl (C=O) groups is 1. The summed E-state index contributed by atoms with van der Waals surface area (Å²) in [5.41, 5.74) is 0. The van der Waals surface area contributed by atoms with Gasteiger partial charge in [-0.2, -0.15) is 0 Å². The number of para-hydroxylation sites is 2. The molecule has 1 amide bonds. The Hall–Kier alpha value is -1.75. The van der Waals surface area contributed by atoms with E-state index in [1.165, 1.54) is 0 Å². The number of carbonyl (C=O) groups excluding carboxylic acids is 1. The van der Waals surface area contributed by atoms with Crippen LogP contribution in [0.2, 0.25) is 0 Å². The van der Waals surface area contributed by atoms with E-state index in [-0.39, 0.29) is 5.91 Å². The number of benzene rings is 1. The van der Waals surface area contributed by atoms with Gasteiger partial charge in [-0.3, -0.25) is 4.79 Å².